The molecule has 3 aromatic rings. The van der Waals surface area contributed by atoms with Crippen LogP contribution in [0.3, 0.4) is 0 Å². The lowest BCUT2D eigenvalue weighted by molar-refractivity contribution is 0.317. The van der Waals surface area contributed by atoms with Gasteiger partial charge in [0.15, 0.2) is 0 Å². The monoisotopic (exact) mass is 373 g/mol. The Balaban J connectivity index is 2.07. The molecule has 0 unspecified atom stereocenters. The number of nitrogens with zero attached hydrogens (tertiary/aromatic N) is 2. The minimum atomic E-state index is 0.431. The molecule has 0 bridgehead atoms. The van der Waals surface area contributed by atoms with Crippen molar-refractivity contribution in [1.82, 2.24) is 9.38 Å². The number of halogens is 1. The first-order chi connectivity index (χ1) is 11.1. The van der Waals surface area contributed by atoms with Crippen LogP contribution >= 0.6 is 15.9 Å². The zero-order valence-electron chi connectivity index (χ0n) is 13.3. The third-order valence-electron chi connectivity index (χ3n) is 3.76. The second kappa shape index (κ2) is 6.72. The Morgan fingerprint density at radius 1 is 1.26 bits per heavy atom. The Hall–Kier alpha value is -1.85. The van der Waals surface area contributed by atoms with Crippen molar-refractivity contribution in [3.05, 3.63) is 52.3 Å². The van der Waals surface area contributed by atoms with Crippen molar-refractivity contribution >= 4 is 21.6 Å². The molecule has 4 nitrogen and oxygen atoms in total. The summed E-state index contributed by atoms with van der Waals surface area (Å²) in [5.41, 5.74) is 11.0. The lowest BCUT2D eigenvalue weighted by Crippen LogP contribution is -2.03. The van der Waals surface area contributed by atoms with E-state index in [4.69, 9.17) is 15.5 Å². The number of hydrogen-bond acceptors (Lipinski definition) is 3. The van der Waals surface area contributed by atoms with Crippen LogP contribution in [0, 0.1) is 6.92 Å². The van der Waals surface area contributed by atoms with E-state index < -0.39 is 0 Å². The maximum atomic E-state index is 5.99. The summed E-state index contributed by atoms with van der Waals surface area (Å²) in [5.74, 6) is 0.882. The highest BCUT2D eigenvalue weighted by atomic mass is 79.9. The van der Waals surface area contributed by atoms with Crippen LogP contribution in [-0.2, 0) is 6.54 Å². The van der Waals surface area contributed by atoms with Crippen molar-refractivity contribution in [3.8, 4) is 17.0 Å². The van der Waals surface area contributed by atoms with Gasteiger partial charge in [-0.2, -0.15) is 0 Å². The van der Waals surface area contributed by atoms with Gasteiger partial charge in [0, 0.05) is 22.8 Å². The van der Waals surface area contributed by atoms with Gasteiger partial charge in [0.2, 0.25) is 0 Å². The Kier molecular flexibility index (Phi) is 4.68. The topological polar surface area (TPSA) is 52.5 Å². The smallest absolute Gasteiger partial charge is 0.140 e. The van der Waals surface area contributed by atoms with Gasteiger partial charge in [0.05, 0.1) is 18.0 Å². The molecular formula is C18H20BrN3O. The minimum absolute atomic E-state index is 0.431. The molecule has 0 fully saturated rings. The zero-order valence-corrected chi connectivity index (χ0v) is 14.9. The Morgan fingerprint density at radius 2 is 2.00 bits per heavy atom. The zero-order chi connectivity index (χ0) is 16.4. The summed E-state index contributed by atoms with van der Waals surface area (Å²) in [6, 6.07) is 10.1. The van der Waals surface area contributed by atoms with Gasteiger partial charge in [0.1, 0.15) is 11.4 Å². The maximum Gasteiger partial charge on any atom is 0.140 e. The molecule has 1 aromatic carbocycles. The normalized spacial score (nSPS) is 11.1. The van der Waals surface area contributed by atoms with Crippen molar-refractivity contribution < 1.29 is 4.74 Å². The molecule has 0 saturated carbocycles. The predicted octanol–water partition coefficient (Wildman–Crippen LogP) is 4.32. The standard InChI is InChI=1S/C18H20BrN3O/c1-3-8-23-15-6-4-13(5-7-15)17-16(10-20)22-11-14(19)9-12(2)18(22)21-17/h4-7,9,11H,3,8,10,20H2,1-2H3. The number of hydrogen-bond donors (Lipinski definition) is 1. The molecule has 3 rings (SSSR count). The summed E-state index contributed by atoms with van der Waals surface area (Å²) in [5, 5.41) is 0. The highest BCUT2D eigenvalue weighted by Crippen LogP contribution is 2.28. The summed E-state index contributed by atoms with van der Waals surface area (Å²) >= 11 is 3.54. The maximum absolute atomic E-state index is 5.99. The molecule has 0 aliphatic rings. The van der Waals surface area contributed by atoms with Crippen molar-refractivity contribution in [1.29, 1.82) is 0 Å². The van der Waals surface area contributed by atoms with Crippen LogP contribution in [0.4, 0.5) is 0 Å². The summed E-state index contributed by atoms with van der Waals surface area (Å²) in [6.07, 6.45) is 3.01. The number of benzene rings is 1. The van der Waals surface area contributed by atoms with Gasteiger partial charge in [-0.05, 0) is 65.2 Å². The fraction of sp³-hybridized carbons (Fsp3) is 0.278. The molecule has 0 spiro atoms. The number of rotatable bonds is 5. The van der Waals surface area contributed by atoms with E-state index in [1.807, 2.05) is 30.5 Å². The second-order valence-corrected chi connectivity index (χ2v) is 6.43. The molecular weight excluding hydrogens is 354 g/mol. The predicted molar refractivity (Wildman–Crippen MR) is 96.7 cm³/mol. The van der Waals surface area contributed by atoms with Gasteiger partial charge in [0.25, 0.3) is 0 Å². The van der Waals surface area contributed by atoms with Gasteiger partial charge in [-0.25, -0.2) is 4.98 Å². The van der Waals surface area contributed by atoms with Crippen LogP contribution in [-0.4, -0.2) is 16.0 Å². The van der Waals surface area contributed by atoms with Crippen LogP contribution in [0.1, 0.15) is 24.6 Å². The van der Waals surface area contributed by atoms with Crippen molar-refractivity contribution in [2.75, 3.05) is 6.61 Å². The summed E-state index contributed by atoms with van der Waals surface area (Å²) < 4.78 is 8.72. The van der Waals surface area contributed by atoms with Gasteiger partial charge < -0.3 is 14.9 Å². The number of ether oxygens (including phenoxy) is 1. The molecule has 2 heterocycles. The van der Waals surface area contributed by atoms with Gasteiger partial charge in [-0.15, -0.1) is 0 Å². The number of pyridine rings is 1. The minimum Gasteiger partial charge on any atom is -0.494 e. The van der Waals surface area contributed by atoms with Gasteiger partial charge in [-0.1, -0.05) is 6.92 Å². The van der Waals surface area contributed by atoms with Gasteiger partial charge >= 0.3 is 0 Å². The largest absolute Gasteiger partial charge is 0.494 e. The SMILES string of the molecule is CCCOc1ccc(-c2nc3c(C)cc(Br)cn3c2CN)cc1. The average molecular weight is 374 g/mol. The van der Waals surface area contributed by atoms with E-state index in [0.717, 1.165) is 51.4 Å². The van der Waals surface area contributed by atoms with Crippen LogP contribution in [0.25, 0.3) is 16.9 Å². The van der Waals surface area contributed by atoms with Crippen molar-refractivity contribution in [2.24, 2.45) is 5.73 Å². The number of aromatic nitrogens is 2. The van der Waals surface area contributed by atoms with E-state index in [-0.39, 0.29) is 0 Å². The third-order valence-corrected chi connectivity index (χ3v) is 4.20. The Labute approximate surface area is 144 Å². The molecule has 120 valence electrons. The molecule has 0 saturated heterocycles. The molecule has 5 heteroatoms. The molecule has 0 aliphatic carbocycles. The van der Waals surface area contributed by atoms with E-state index in [2.05, 4.69) is 40.2 Å². The molecule has 23 heavy (non-hydrogen) atoms. The number of aryl methyl sites for hydroxylation is 1. The van der Waals surface area contributed by atoms with E-state index >= 15 is 0 Å². The van der Waals surface area contributed by atoms with Crippen LogP contribution < -0.4 is 10.5 Å². The van der Waals surface area contributed by atoms with Crippen molar-refractivity contribution in [3.63, 3.8) is 0 Å². The molecule has 0 atom stereocenters. The number of nitrogens with two attached hydrogens (primary N) is 1. The fourth-order valence-electron chi connectivity index (χ4n) is 2.67. The quantitative estimate of drug-likeness (QED) is 0.724. The van der Waals surface area contributed by atoms with E-state index in [9.17, 15) is 0 Å². The molecule has 0 amide bonds. The van der Waals surface area contributed by atoms with Gasteiger partial charge in [-0.3, -0.25) is 0 Å². The highest BCUT2D eigenvalue weighted by Gasteiger charge is 2.14. The van der Waals surface area contributed by atoms with E-state index in [0.29, 0.717) is 6.54 Å². The van der Waals surface area contributed by atoms with Crippen molar-refractivity contribution in [2.45, 2.75) is 26.8 Å². The highest BCUT2D eigenvalue weighted by molar-refractivity contribution is 9.10. The molecule has 0 aliphatic heterocycles. The van der Waals surface area contributed by atoms with Crippen LogP contribution in [0.5, 0.6) is 5.75 Å². The number of fused-ring (bicyclic) bond motifs is 1. The first-order valence-corrected chi connectivity index (χ1v) is 8.53. The summed E-state index contributed by atoms with van der Waals surface area (Å²) in [6.45, 7) is 5.31. The molecule has 0 radical (unpaired) electrons. The second-order valence-electron chi connectivity index (χ2n) is 5.52. The summed E-state index contributed by atoms with van der Waals surface area (Å²) in [4.78, 5) is 4.81. The lowest BCUT2D eigenvalue weighted by Gasteiger charge is -2.06. The van der Waals surface area contributed by atoms with Crippen LogP contribution in [0.2, 0.25) is 0 Å². The first-order valence-electron chi connectivity index (χ1n) is 7.74. The molecule has 2 N–H and O–H groups in total. The third kappa shape index (κ3) is 3.12. The Morgan fingerprint density at radius 3 is 2.65 bits per heavy atom. The first kappa shape index (κ1) is 16.0. The fourth-order valence-corrected chi connectivity index (χ4v) is 3.22. The summed E-state index contributed by atoms with van der Waals surface area (Å²) in [7, 11) is 0. The van der Waals surface area contributed by atoms with Crippen LogP contribution in [0.15, 0.2) is 41.0 Å². The number of imidazole rings is 1. The van der Waals surface area contributed by atoms with E-state index in [1.165, 1.54) is 0 Å². The molecule has 2 aromatic heterocycles. The van der Waals surface area contributed by atoms with E-state index in [1.54, 1.807) is 0 Å². The lowest BCUT2D eigenvalue weighted by atomic mass is 10.1. The average Bonchev–Trinajstić information content (AvgIpc) is 2.92. The Bertz CT molecular complexity index is 824.